The van der Waals surface area contributed by atoms with E-state index in [2.05, 4.69) is 6.92 Å². The number of rotatable bonds is 4. The minimum absolute atomic E-state index is 0.0799. The van der Waals surface area contributed by atoms with Crippen molar-refractivity contribution in [2.24, 2.45) is 0 Å². The van der Waals surface area contributed by atoms with Gasteiger partial charge in [-0.1, -0.05) is 19.1 Å². The van der Waals surface area contributed by atoms with Gasteiger partial charge in [0.2, 0.25) is 0 Å². The van der Waals surface area contributed by atoms with Crippen LogP contribution >= 0.6 is 0 Å². The first-order valence-electron chi connectivity index (χ1n) is 5.61. The third kappa shape index (κ3) is 2.57. The molecule has 2 unspecified atom stereocenters. The highest BCUT2D eigenvalue weighted by Crippen LogP contribution is 2.29. The lowest BCUT2D eigenvalue weighted by Gasteiger charge is -2.02. The van der Waals surface area contributed by atoms with Crippen LogP contribution in [0.4, 0.5) is 4.39 Å². The van der Waals surface area contributed by atoms with E-state index in [1.807, 2.05) is 19.1 Å². The van der Waals surface area contributed by atoms with Crippen molar-refractivity contribution in [3.63, 3.8) is 0 Å². The van der Waals surface area contributed by atoms with Crippen LogP contribution in [0.15, 0.2) is 18.2 Å². The van der Waals surface area contributed by atoms with E-state index >= 15 is 0 Å². The molecule has 0 radical (unpaired) electrons. The molecule has 2 rings (SSSR count). The van der Waals surface area contributed by atoms with Crippen molar-refractivity contribution in [3.05, 3.63) is 35.1 Å². The van der Waals surface area contributed by atoms with Crippen LogP contribution in [0, 0.1) is 12.7 Å². The molecule has 1 heterocycles. The Kier molecular flexibility index (Phi) is 3.06. The Morgan fingerprint density at radius 1 is 1.33 bits per heavy atom. The number of hydrogen-bond donors (Lipinski definition) is 0. The Balaban J connectivity index is 1.88. The minimum atomic E-state index is -0.0799. The third-order valence-electron chi connectivity index (χ3n) is 3.00. The first-order valence-corrected chi connectivity index (χ1v) is 5.61. The minimum Gasteiger partial charge on any atom is -0.370 e. The largest absolute Gasteiger partial charge is 0.370 e. The summed E-state index contributed by atoms with van der Waals surface area (Å²) in [4.78, 5) is 0. The van der Waals surface area contributed by atoms with E-state index in [1.54, 1.807) is 6.07 Å². The van der Waals surface area contributed by atoms with Gasteiger partial charge in [0.15, 0.2) is 0 Å². The number of benzene rings is 1. The average molecular weight is 208 g/mol. The topological polar surface area (TPSA) is 12.5 Å². The van der Waals surface area contributed by atoms with Crippen LogP contribution in [0.25, 0.3) is 0 Å². The second-order valence-electron chi connectivity index (χ2n) is 4.25. The number of halogens is 1. The summed E-state index contributed by atoms with van der Waals surface area (Å²) >= 11 is 0. The van der Waals surface area contributed by atoms with Gasteiger partial charge in [-0.3, -0.25) is 0 Å². The second-order valence-corrected chi connectivity index (χ2v) is 4.25. The molecule has 82 valence electrons. The highest BCUT2D eigenvalue weighted by molar-refractivity contribution is 5.23. The summed E-state index contributed by atoms with van der Waals surface area (Å²) in [5.41, 5.74) is 1.79. The van der Waals surface area contributed by atoms with Crippen LogP contribution in [0.1, 0.15) is 30.9 Å². The fourth-order valence-electron chi connectivity index (χ4n) is 1.95. The molecular formula is C13H17FO. The average Bonchev–Trinajstić information content (AvgIpc) is 2.95. The summed E-state index contributed by atoms with van der Waals surface area (Å²) in [6, 6.07) is 5.44. The van der Waals surface area contributed by atoms with Gasteiger partial charge in [-0.25, -0.2) is 4.39 Å². The Morgan fingerprint density at radius 2 is 2.13 bits per heavy atom. The Morgan fingerprint density at radius 3 is 2.73 bits per heavy atom. The SMILES string of the molecule is CCC1OC1CCc1ccc(C)cc1F. The zero-order valence-corrected chi connectivity index (χ0v) is 9.29. The van der Waals surface area contributed by atoms with Crippen LogP contribution in [0.3, 0.4) is 0 Å². The maximum Gasteiger partial charge on any atom is 0.126 e. The number of ether oxygens (including phenoxy) is 1. The van der Waals surface area contributed by atoms with Crippen molar-refractivity contribution in [1.82, 2.24) is 0 Å². The Labute approximate surface area is 90.3 Å². The van der Waals surface area contributed by atoms with Crippen molar-refractivity contribution >= 4 is 0 Å². The number of aryl methyl sites for hydroxylation is 2. The Hall–Kier alpha value is -0.890. The van der Waals surface area contributed by atoms with Crippen molar-refractivity contribution < 1.29 is 9.13 Å². The van der Waals surface area contributed by atoms with Gasteiger partial charge in [0.05, 0.1) is 12.2 Å². The lowest BCUT2D eigenvalue weighted by atomic mass is 10.0. The monoisotopic (exact) mass is 208 g/mol. The summed E-state index contributed by atoms with van der Waals surface area (Å²) < 4.78 is 18.9. The normalized spacial score (nSPS) is 24.2. The second kappa shape index (κ2) is 4.31. The van der Waals surface area contributed by atoms with Crippen molar-refractivity contribution in [3.8, 4) is 0 Å². The molecule has 2 atom stereocenters. The predicted octanol–water partition coefficient (Wildman–Crippen LogP) is 3.24. The van der Waals surface area contributed by atoms with Gasteiger partial charge >= 0.3 is 0 Å². The van der Waals surface area contributed by atoms with E-state index in [0.717, 1.165) is 30.4 Å². The van der Waals surface area contributed by atoms with Crippen LogP contribution in [0.2, 0.25) is 0 Å². The molecule has 1 aliphatic rings. The molecular weight excluding hydrogens is 191 g/mol. The standard InChI is InChI=1S/C13H17FO/c1-3-12-13(15-12)7-6-10-5-4-9(2)8-11(10)14/h4-5,8,12-13H,3,6-7H2,1-2H3. The first-order chi connectivity index (χ1) is 7.20. The van der Waals surface area contributed by atoms with E-state index in [9.17, 15) is 4.39 Å². The van der Waals surface area contributed by atoms with Gasteiger partial charge in [-0.2, -0.15) is 0 Å². The molecule has 0 saturated carbocycles. The van der Waals surface area contributed by atoms with Gasteiger partial charge in [0.25, 0.3) is 0 Å². The predicted molar refractivity (Wildman–Crippen MR) is 58.4 cm³/mol. The zero-order valence-electron chi connectivity index (χ0n) is 9.29. The third-order valence-corrected chi connectivity index (χ3v) is 3.00. The van der Waals surface area contributed by atoms with E-state index in [-0.39, 0.29) is 5.82 Å². The summed E-state index contributed by atoms with van der Waals surface area (Å²) in [5.74, 6) is -0.0799. The van der Waals surface area contributed by atoms with Gasteiger partial charge < -0.3 is 4.74 Å². The molecule has 2 heteroatoms. The number of epoxide rings is 1. The molecule has 0 N–H and O–H groups in total. The highest BCUT2D eigenvalue weighted by atomic mass is 19.1. The van der Waals surface area contributed by atoms with Gasteiger partial charge in [-0.05, 0) is 43.4 Å². The van der Waals surface area contributed by atoms with E-state index in [4.69, 9.17) is 4.74 Å². The molecule has 1 aliphatic heterocycles. The number of hydrogen-bond acceptors (Lipinski definition) is 1. The van der Waals surface area contributed by atoms with Gasteiger partial charge in [0, 0.05) is 0 Å². The lowest BCUT2D eigenvalue weighted by molar-refractivity contribution is 0.359. The first kappa shape index (κ1) is 10.6. The smallest absolute Gasteiger partial charge is 0.126 e. The molecule has 0 aliphatic carbocycles. The summed E-state index contributed by atoms with van der Waals surface area (Å²) in [5, 5.41) is 0. The molecule has 0 aromatic heterocycles. The van der Waals surface area contributed by atoms with Crippen LogP contribution in [-0.2, 0) is 11.2 Å². The van der Waals surface area contributed by atoms with Crippen molar-refractivity contribution in [1.29, 1.82) is 0 Å². The quantitative estimate of drug-likeness (QED) is 0.692. The lowest BCUT2D eigenvalue weighted by Crippen LogP contribution is -1.98. The van der Waals surface area contributed by atoms with Crippen LogP contribution in [-0.4, -0.2) is 12.2 Å². The highest BCUT2D eigenvalue weighted by Gasteiger charge is 2.36. The van der Waals surface area contributed by atoms with E-state index in [0.29, 0.717) is 12.2 Å². The Bertz CT molecular complexity index is 348. The fourth-order valence-corrected chi connectivity index (χ4v) is 1.95. The van der Waals surface area contributed by atoms with Crippen LogP contribution < -0.4 is 0 Å². The summed E-state index contributed by atoms with van der Waals surface area (Å²) in [6.07, 6.45) is 3.60. The van der Waals surface area contributed by atoms with Crippen molar-refractivity contribution in [2.45, 2.75) is 45.3 Å². The molecule has 0 bridgehead atoms. The molecule has 0 spiro atoms. The summed E-state index contributed by atoms with van der Waals surface area (Å²) in [7, 11) is 0. The van der Waals surface area contributed by atoms with E-state index < -0.39 is 0 Å². The summed E-state index contributed by atoms with van der Waals surface area (Å²) in [6.45, 7) is 4.03. The zero-order chi connectivity index (χ0) is 10.8. The van der Waals surface area contributed by atoms with Gasteiger partial charge in [-0.15, -0.1) is 0 Å². The van der Waals surface area contributed by atoms with E-state index in [1.165, 1.54) is 0 Å². The molecule has 15 heavy (non-hydrogen) atoms. The molecule has 1 nitrogen and oxygen atoms in total. The van der Waals surface area contributed by atoms with Crippen molar-refractivity contribution in [2.75, 3.05) is 0 Å². The molecule has 1 saturated heterocycles. The maximum atomic E-state index is 13.5. The van der Waals surface area contributed by atoms with Gasteiger partial charge in [0.1, 0.15) is 5.82 Å². The molecule has 1 aromatic rings. The molecule has 1 fully saturated rings. The fraction of sp³-hybridized carbons (Fsp3) is 0.538. The molecule has 0 amide bonds. The van der Waals surface area contributed by atoms with Crippen LogP contribution in [0.5, 0.6) is 0 Å². The molecule has 1 aromatic carbocycles. The maximum absolute atomic E-state index is 13.5.